The van der Waals surface area contributed by atoms with Crippen molar-refractivity contribution in [1.29, 1.82) is 5.41 Å². The van der Waals surface area contributed by atoms with Crippen molar-refractivity contribution in [3.8, 4) is 11.5 Å². The highest BCUT2D eigenvalue weighted by Crippen LogP contribution is 2.52. The van der Waals surface area contributed by atoms with Gasteiger partial charge in [-0.3, -0.25) is 15.0 Å². The zero-order valence-corrected chi connectivity index (χ0v) is 24.6. The van der Waals surface area contributed by atoms with Crippen LogP contribution in [0.2, 0.25) is 0 Å². The Labute approximate surface area is 240 Å². The molecule has 41 heavy (non-hydrogen) atoms. The molecule has 1 amide bonds. The molecule has 5 rings (SSSR count). The normalized spacial score (nSPS) is 18.9. The Morgan fingerprint density at radius 2 is 1.88 bits per heavy atom. The Bertz CT molecular complexity index is 1450. The maximum atomic E-state index is 13.8. The lowest BCUT2D eigenvalue weighted by molar-refractivity contribution is -0.159. The van der Waals surface area contributed by atoms with Crippen molar-refractivity contribution in [3.05, 3.63) is 52.1 Å². The molecule has 1 unspecified atom stereocenters. The number of benzene rings is 2. The number of carbonyl (C=O) groups excluding carboxylic acids is 3. The van der Waals surface area contributed by atoms with Crippen LogP contribution in [0.15, 0.2) is 24.3 Å². The molecule has 1 atom stereocenters. The van der Waals surface area contributed by atoms with Gasteiger partial charge in [-0.25, -0.2) is 4.79 Å². The summed E-state index contributed by atoms with van der Waals surface area (Å²) in [6.07, 6.45) is 1.28. The molecule has 0 radical (unpaired) electrons. The first-order valence-electron chi connectivity index (χ1n) is 14.2. The van der Waals surface area contributed by atoms with E-state index in [2.05, 4.69) is 5.32 Å². The molecule has 10 nitrogen and oxygen atoms in total. The van der Waals surface area contributed by atoms with Crippen LogP contribution >= 0.6 is 0 Å². The number of carbonyl (C=O) groups is 3. The van der Waals surface area contributed by atoms with Crippen molar-refractivity contribution in [1.82, 2.24) is 10.2 Å². The summed E-state index contributed by atoms with van der Waals surface area (Å²) in [6.45, 7) is 11.4. The lowest BCUT2D eigenvalue weighted by Crippen LogP contribution is -2.52. The molecular weight excluding hydrogens is 524 g/mol. The fraction of sp³-hybridized carbons (Fsp3) is 0.484. The first-order chi connectivity index (χ1) is 19.4. The van der Waals surface area contributed by atoms with Crippen molar-refractivity contribution < 1.29 is 28.6 Å². The summed E-state index contributed by atoms with van der Waals surface area (Å²) in [5.74, 6) is 0.397. The Hall–Kier alpha value is -4.08. The van der Waals surface area contributed by atoms with E-state index in [4.69, 9.17) is 19.6 Å². The summed E-state index contributed by atoms with van der Waals surface area (Å²) in [4.78, 5) is 43.0. The number of ketones is 1. The maximum absolute atomic E-state index is 13.8. The number of ether oxygens (including phenoxy) is 3. The van der Waals surface area contributed by atoms with Crippen LogP contribution in [0.5, 0.6) is 11.5 Å². The van der Waals surface area contributed by atoms with E-state index in [9.17, 15) is 14.4 Å². The van der Waals surface area contributed by atoms with Crippen molar-refractivity contribution in [2.24, 2.45) is 0 Å². The number of nitrogens with zero attached hydrogens (tertiary/aromatic N) is 2. The summed E-state index contributed by atoms with van der Waals surface area (Å²) in [5, 5.41) is 11.4. The van der Waals surface area contributed by atoms with Crippen molar-refractivity contribution in [3.63, 3.8) is 0 Å². The van der Waals surface area contributed by atoms with Crippen LogP contribution in [-0.4, -0.2) is 67.5 Å². The molecule has 0 spiro atoms. The minimum absolute atomic E-state index is 0.0148. The molecule has 2 aromatic carbocycles. The summed E-state index contributed by atoms with van der Waals surface area (Å²) < 4.78 is 17.6. The topological polar surface area (TPSA) is 121 Å². The van der Waals surface area contributed by atoms with Gasteiger partial charge in [0.2, 0.25) is 0 Å². The molecule has 3 heterocycles. The molecule has 0 bridgehead atoms. The second-order valence-corrected chi connectivity index (χ2v) is 11.6. The average molecular weight is 563 g/mol. The van der Waals surface area contributed by atoms with E-state index in [1.807, 2.05) is 44.7 Å². The Balaban J connectivity index is 1.46. The molecule has 2 N–H and O–H groups in total. The van der Waals surface area contributed by atoms with Gasteiger partial charge in [-0.15, -0.1) is 0 Å². The van der Waals surface area contributed by atoms with Gasteiger partial charge in [0.05, 0.1) is 31.0 Å². The molecule has 2 aromatic rings. The van der Waals surface area contributed by atoms with E-state index in [0.29, 0.717) is 54.3 Å². The Morgan fingerprint density at radius 3 is 2.54 bits per heavy atom. The molecule has 1 saturated heterocycles. The molecule has 3 aliphatic rings. The first kappa shape index (κ1) is 28.4. The molecule has 1 fully saturated rings. The lowest BCUT2D eigenvalue weighted by Gasteiger charge is -2.29. The highest BCUT2D eigenvalue weighted by Gasteiger charge is 2.57. The van der Waals surface area contributed by atoms with Crippen molar-refractivity contribution >= 4 is 29.2 Å². The second kappa shape index (κ2) is 10.4. The van der Waals surface area contributed by atoms with E-state index in [0.717, 1.165) is 23.2 Å². The number of fused-ring (bicyclic) bond motifs is 4. The van der Waals surface area contributed by atoms with Crippen molar-refractivity contribution in [2.75, 3.05) is 38.3 Å². The fourth-order valence-corrected chi connectivity index (χ4v) is 5.93. The van der Waals surface area contributed by atoms with Gasteiger partial charge in [0.1, 0.15) is 11.6 Å². The lowest BCUT2D eigenvalue weighted by atomic mass is 9.84. The quantitative estimate of drug-likeness (QED) is 0.366. The third-order valence-electron chi connectivity index (χ3n) is 7.93. The first-order valence-corrected chi connectivity index (χ1v) is 14.2. The van der Waals surface area contributed by atoms with E-state index in [1.165, 1.54) is 0 Å². The van der Waals surface area contributed by atoms with Gasteiger partial charge < -0.3 is 29.3 Å². The van der Waals surface area contributed by atoms with E-state index < -0.39 is 11.7 Å². The van der Waals surface area contributed by atoms with Gasteiger partial charge in [0.25, 0.3) is 11.6 Å². The number of anilines is 1. The van der Waals surface area contributed by atoms with E-state index >= 15 is 0 Å². The number of hydrogen-bond acceptors (Lipinski definition) is 8. The van der Waals surface area contributed by atoms with Crippen molar-refractivity contribution in [2.45, 2.75) is 65.1 Å². The summed E-state index contributed by atoms with van der Waals surface area (Å²) in [5.41, 5.74) is 2.28. The number of amidine groups is 1. The minimum atomic E-state index is -1.21. The van der Waals surface area contributed by atoms with Crippen LogP contribution in [0, 0.1) is 5.41 Å². The van der Waals surface area contributed by atoms with Gasteiger partial charge in [-0.2, -0.15) is 0 Å². The van der Waals surface area contributed by atoms with Crippen LogP contribution in [0.25, 0.3) is 0 Å². The predicted molar refractivity (Wildman–Crippen MR) is 154 cm³/mol. The number of Topliss-reactive ketones (excluding diaryl/α,β-unsaturated/α-hetero) is 1. The summed E-state index contributed by atoms with van der Waals surface area (Å²) in [6, 6.07) is 7.11. The standard InChI is InChI=1S/C31H38N4O6/c1-7-39-25-14-19-16-34(27(32)20(19)15-21(25)28(37)33-6)17-24(36)18-12-22(30(3,4)5)26-23(13-18)35-11-9-10-31(35,41-26)29(38)40-8-2/h12-15,32H,7-11,16-17H2,1-6H3,(H,33,37). The zero-order chi connectivity index (χ0) is 29.7. The molecule has 0 aromatic heterocycles. The van der Waals surface area contributed by atoms with Gasteiger partial charge in [0, 0.05) is 43.2 Å². The average Bonchev–Trinajstić information content (AvgIpc) is 3.58. The van der Waals surface area contributed by atoms with Crippen LogP contribution in [0.3, 0.4) is 0 Å². The monoisotopic (exact) mass is 562 g/mol. The molecule has 10 heteroatoms. The second-order valence-electron chi connectivity index (χ2n) is 11.6. The maximum Gasteiger partial charge on any atom is 0.372 e. The zero-order valence-electron chi connectivity index (χ0n) is 24.6. The SMILES string of the molecule is CCOC(=O)C12CCCN1c1cc(C(=O)CN3Cc4cc(OCC)c(C(=O)NC)cc4C3=N)cc(C(C)(C)C)c1O2. The smallest absolute Gasteiger partial charge is 0.372 e. The van der Waals surface area contributed by atoms with Crippen LogP contribution < -0.4 is 19.7 Å². The number of rotatable bonds is 8. The predicted octanol–water partition coefficient (Wildman–Crippen LogP) is 4.02. The molecular formula is C31H38N4O6. The Morgan fingerprint density at radius 1 is 1.12 bits per heavy atom. The third kappa shape index (κ3) is 4.69. The van der Waals surface area contributed by atoms with Gasteiger partial charge >= 0.3 is 5.97 Å². The van der Waals surface area contributed by atoms with E-state index in [-0.39, 0.29) is 36.1 Å². The number of nitrogens with one attached hydrogen (secondary N) is 2. The summed E-state index contributed by atoms with van der Waals surface area (Å²) >= 11 is 0. The number of esters is 1. The molecule has 0 saturated carbocycles. The molecule has 218 valence electrons. The number of hydrogen-bond donors (Lipinski definition) is 2. The minimum Gasteiger partial charge on any atom is -0.493 e. The highest BCUT2D eigenvalue weighted by molar-refractivity contribution is 6.08. The molecule has 3 aliphatic heterocycles. The van der Waals surface area contributed by atoms with Gasteiger partial charge in [-0.05, 0) is 55.5 Å². The van der Waals surface area contributed by atoms with E-state index in [1.54, 1.807) is 31.0 Å². The Kier molecular flexibility index (Phi) is 7.21. The van der Waals surface area contributed by atoms with Gasteiger partial charge in [-0.1, -0.05) is 20.8 Å². The van der Waals surface area contributed by atoms with Crippen LogP contribution in [-0.2, 0) is 21.5 Å². The van der Waals surface area contributed by atoms with Crippen LogP contribution in [0.4, 0.5) is 5.69 Å². The molecule has 0 aliphatic carbocycles. The van der Waals surface area contributed by atoms with Gasteiger partial charge in [0.15, 0.2) is 11.5 Å². The largest absolute Gasteiger partial charge is 0.493 e. The fourth-order valence-electron chi connectivity index (χ4n) is 5.93. The van der Waals surface area contributed by atoms with Crippen LogP contribution in [0.1, 0.15) is 84.9 Å². The number of amides is 1. The highest BCUT2D eigenvalue weighted by atomic mass is 16.6. The third-order valence-corrected chi connectivity index (χ3v) is 7.93. The summed E-state index contributed by atoms with van der Waals surface area (Å²) in [7, 11) is 1.55.